The van der Waals surface area contributed by atoms with Gasteiger partial charge in [-0.1, -0.05) is 45.0 Å². The van der Waals surface area contributed by atoms with Gasteiger partial charge in [0.25, 0.3) is 15.6 Å². The van der Waals surface area contributed by atoms with Crippen LogP contribution in [0.5, 0.6) is 5.75 Å². The van der Waals surface area contributed by atoms with E-state index in [4.69, 9.17) is 0 Å². The lowest BCUT2D eigenvalue weighted by atomic mass is 9.92. The van der Waals surface area contributed by atoms with E-state index in [9.17, 15) is 18.3 Å². The van der Waals surface area contributed by atoms with Gasteiger partial charge in [-0.05, 0) is 36.1 Å². The minimum absolute atomic E-state index is 0.0124. The maximum absolute atomic E-state index is 13.4. The lowest BCUT2D eigenvalue weighted by molar-refractivity contribution is 0.350. The first-order chi connectivity index (χ1) is 14.1. The van der Waals surface area contributed by atoms with Crippen LogP contribution in [0.15, 0.2) is 62.6 Å². The van der Waals surface area contributed by atoms with Crippen molar-refractivity contribution in [3.8, 4) is 5.75 Å². The summed E-state index contributed by atoms with van der Waals surface area (Å²) < 4.78 is 30.7. The summed E-state index contributed by atoms with van der Waals surface area (Å²) in [5.41, 5.74) is 0.252. The second kappa shape index (κ2) is 6.98. The number of pyridine rings is 1. The lowest BCUT2D eigenvalue weighted by Crippen LogP contribution is -2.33. The van der Waals surface area contributed by atoms with Crippen LogP contribution in [0.1, 0.15) is 32.8 Å². The summed E-state index contributed by atoms with van der Waals surface area (Å²) in [6.45, 7) is 6.67. The first kappa shape index (κ1) is 20.2. The van der Waals surface area contributed by atoms with Crippen molar-refractivity contribution in [2.75, 3.05) is 5.32 Å². The minimum atomic E-state index is -4.01. The van der Waals surface area contributed by atoms with Gasteiger partial charge in [0.1, 0.15) is 16.2 Å². The van der Waals surface area contributed by atoms with Gasteiger partial charge in [-0.15, -0.1) is 4.40 Å². The number of fused-ring (bicyclic) bond motifs is 2. The predicted molar refractivity (Wildman–Crippen MR) is 118 cm³/mol. The van der Waals surface area contributed by atoms with Gasteiger partial charge in [0, 0.05) is 11.9 Å². The van der Waals surface area contributed by atoms with Crippen LogP contribution < -0.4 is 10.9 Å². The molecule has 0 fully saturated rings. The number of aromatic hydroxyl groups is 1. The summed E-state index contributed by atoms with van der Waals surface area (Å²) in [5.74, 6) is -0.463. The van der Waals surface area contributed by atoms with Crippen LogP contribution in [-0.2, 0) is 16.6 Å². The zero-order chi connectivity index (χ0) is 21.7. The predicted octanol–water partition coefficient (Wildman–Crippen LogP) is 3.70. The molecule has 2 heterocycles. The van der Waals surface area contributed by atoms with Gasteiger partial charge < -0.3 is 15.0 Å². The molecule has 8 heteroatoms. The standard InChI is InChI=1S/C22H23N3O4S/c1-22(2,3)12-13-25-16-10-6-4-8-14(16)19(26)18(21(25)27)20-23-15-9-5-7-11-17(15)30(28,29)24-20/h4-11,26H,12-13H2,1-3H3,(H,23,24). The van der Waals surface area contributed by atoms with Crippen LogP contribution in [-0.4, -0.2) is 23.9 Å². The van der Waals surface area contributed by atoms with Crippen LogP contribution in [0.25, 0.3) is 10.9 Å². The van der Waals surface area contributed by atoms with Gasteiger partial charge in [-0.25, -0.2) is 0 Å². The normalized spacial score (nSPS) is 15.4. The van der Waals surface area contributed by atoms with E-state index in [-0.39, 0.29) is 27.5 Å². The Bertz CT molecular complexity index is 1350. The molecule has 3 aromatic rings. The maximum Gasteiger partial charge on any atom is 0.286 e. The van der Waals surface area contributed by atoms with E-state index < -0.39 is 15.6 Å². The number of rotatable bonds is 3. The molecule has 0 spiro atoms. The van der Waals surface area contributed by atoms with Crippen molar-refractivity contribution in [2.45, 2.75) is 38.6 Å². The molecule has 7 nitrogen and oxygen atoms in total. The summed E-state index contributed by atoms with van der Waals surface area (Å²) in [6.07, 6.45) is 0.724. The third-order valence-electron chi connectivity index (χ3n) is 5.10. The zero-order valence-corrected chi connectivity index (χ0v) is 17.8. The van der Waals surface area contributed by atoms with Crippen molar-refractivity contribution in [2.24, 2.45) is 9.81 Å². The summed E-state index contributed by atoms with van der Waals surface area (Å²) in [7, 11) is -4.01. The smallest absolute Gasteiger partial charge is 0.286 e. The fourth-order valence-corrected chi connectivity index (χ4v) is 4.62. The quantitative estimate of drug-likeness (QED) is 0.666. The van der Waals surface area contributed by atoms with E-state index in [1.54, 1.807) is 47.0 Å². The third kappa shape index (κ3) is 3.47. The van der Waals surface area contributed by atoms with E-state index in [0.717, 1.165) is 6.42 Å². The van der Waals surface area contributed by atoms with Crippen LogP contribution in [0.2, 0.25) is 0 Å². The van der Waals surface area contributed by atoms with E-state index in [1.165, 1.54) is 6.07 Å². The summed E-state index contributed by atoms with van der Waals surface area (Å²) in [6, 6.07) is 13.4. The molecule has 2 aromatic carbocycles. The van der Waals surface area contributed by atoms with Gasteiger partial charge in [0.05, 0.1) is 11.2 Å². The van der Waals surface area contributed by atoms with Gasteiger partial charge in [0.2, 0.25) is 0 Å². The van der Waals surface area contributed by atoms with E-state index in [2.05, 4.69) is 30.5 Å². The number of nitrogens with zero attached hydrogens (tertiary/aromatic N) is 2. The van der Waals surface area contributed by atoms with Gasteiger partial charge >= 0.3 is 0 Å². The van der Waals surface area contributed by atoms with Crippen molar-refractivity contribution in [1.29, 1.82) is 0 Å². The lowest BCUT2D eigenvalue weighted by Gasteiger charge is -2.22. The molecule has 0 unspecified atom stereocenters. The van der Waals surface area contributed by atoms with Gasteiger partial charge in [-0.3, -0.25) is 4.79 Å². The maximum atomic E-state index is 13.4. The van der Waals surface area contributed by atoms with Crippen LogP contribution in [0.3, 0.4) is 0 Å². The molecule has 0 bridgehead atoms. The molecule has 30 heavy (non-hydrogen) atoms. The Morgan fingerprint density at radius 3 is 2.47 bits per heavy atom. The molecular formula is C22H23N3O4S. The Balaban J connectivity index is 1.97. The second-order valence-corrected chi connectivity index (χ2v) is 10.1. The first-order valence-corrected chi connectivity index (χ1v) is 11.1. The minimum Gasteiger partial charge on any atom is -0.506 e. The molecule has 156 valence electrons. The van der Waals surface area contributed by atoms with Crippen molar-refractivity contribution in [1.82, 2.24) is 4.57 Å². The van der Waals surface area contributed by atoms with Gasteiger partial charge in [-0.2, -0.15) is 8.42 Å². The third-order valence-corrected chi connectivity index (χ3v) is 6.43. The average molecular weight is 426 g/mol. The number of benzene rings is 2. The number of para-hydroxylation sites is 2. The number of aromatic nitrogens is 1. The average Bonchev–Trinajstić information content (AvgIpc) is 2.67. The Labute approximate surface area is 174 Å². The molecular weight excluding hydrogens is 402 g/mol. The fraction of sp³-hybridized carbons (Fsp3) is 0.273. The molecule has 1 aliphatic heterocycles. The first-order valence-electron chi connectivity index (χ1n) is 9.64. The molecule has 0 amide bonds. The second-order valence-electron chi connectivity index (χ2n) is 8.54. The van der Waals surface area contributed by atoms with Crippen molar-refractivity contribution >= 4 is 32.4 Å². The fourth-order valence-electron chi connectivity index (χ4n) is 3.49. The molecule has 1 aromatic heterocycles. The highest BCUT2D eigenvalue weighted by Crippen LogP contribution is 2.32. The largest absolute Gasteiger partial charge is 0.506 e. The molecule has 0 atom stereocenters. The molecule has 0 saturated heterocycles. The Hall–Kier alpha value is -3.13. The van der Waals surface area contributed by atoms with Crippen LogP contribution in [0, 0.1) is 5.41 Å². The SMILES string of the molecule is CC(C)(C)CCn1c(=O)c(C2=NS(=O)(=O)c3ccccc3N2)c(O)c2ccccc21. The Morgan fingerprint density at radius 2 is 1.73 bits per heavy atom. The van der Waals surface area contributed by atoms with Crippen LogP contribution in [0.4, 0.5) is 5.69 Å². The highest BCUT2D eigenvalue weighted by molar-refractivity contribution is 7.90. The highest BCUT2D eigenvalue weighted by Gasteiger charge is 2.29. The highest BCUT2D eigenvalue weighted by atomic mass is 32.2. The topological polar surface area (TPSA) is 101 Å². The summed E-state index contributed by atoms with van der Waals surface area (Å²) in [5, 5.41) is 14.3. The molecule has 0 aliphatic carbocycles. The number of anilines is 1. The number of amidine groups is 1. The van der Waals surface area contributed by atoms with E-state index in [1.807, 2.05) is 0 Å². The number of nitrogens with one attached hydrogen (secondary N) is 1. The number of aryl methyl sites for hydroxylation is 1. The van der Waals surface area contributed by atoms with E-state index >= 15 is 0 Å². The summed E-state index contributed by atoms with van der Waals surface area (Å²) in [4.78, 5) is 13.5. The monoisotopic (exact) mass is 425 g/mol. The molecule has 1 aliphatic rings. The zero-order valence-electron chi connectivity index (χ0n) is 17.0. The molecule has 2 N–H and O–H groups in total. The van der Waals surface area contributed by atoms with Crippen LogP contribution >= 0.6 is 0 Å². The number of sulfonamides is 1. The molecule has 0 saturated carbocycles. The van der Waals surface area contributed by atoms with Crippen molar-refractivity contribution < 1.29 is 13.5 Å². The Kier molecular flexibility index (Phi) is 4.69. The molecule has 4 rings (SSSR count). The summed E-state index contributed by atoms with van der Waals surface area (Å²) >= 11 is 0. The van der Waals surface area contributed by atoms with E-state index in [0.29, 0.717) is 23.1 Å². The number of hydrogen-bond donors (Lipinski definition) is 2. The Morgan fingerprint density at radius 1 is 1.07 bits per heavy atom. The number of hydrogen-bond acceptors (Lipinski definition) is 5. The van der Waals surface area contributed by atoms with Gasteiger partial charge in [0.15, 0.2) is 5.84 Å². The molecule has 0 radical (unpaired) electrons. The van der Waals surface area contributed by atoms with Crippen molar-refractivity contribution in [3.63, 3.8) is 0 Å². The van der Waals surface area contributed by atoms with Crippen molar-refractivity contribution in [3.05, 3.63) is 64.4 Å².